The number of carbonyl (C=O) groups is 1. The number of carboxylic acid groups (broad SMARTS) is 1. The minimum atomic E-state index is -1.27. The molecule has 0 bridgehead atoms. The normalized spacial score (nSPS) is 9.42. The van der Waals surface area contributed by atoms with Crippen molar-refractivity contribution in [3.63, 3.8) is 0 Å². The average molecular weight is 170 g/mol. The Kier molecular flexibility index (Phi) is 2.14. The highest BCUT2D eigenvalue weighted by Gasteiger charge is 2.05. The molecule has 0 aliphatic carbocycles. The first-order valence-electron chi connectivity index (χ1n) is 3.15. The molecule has 0 saturated heterocycles. The van der Waals surface area contributed by atoms with Crippen LogP contribution in [0.3, 0.4) is 0 Å². The van der Waals surface area contributed by atoms with Crippen LogP contribution in [0.2, 0.25) is 0 Å². The van der Waals surface area contributed by atoms with Crippen LogP contribution in [-0.2, 0) is 0 Å². The van der Waals surface area contributed by atoms with Crippen LogP contribution < -0.4 is 11.1 Å². The number of anilines is 2. The Morgan fingerprint density at radius 2 is 2.25 bits per heavy atom. The number of para-hydroxylation sites is 1. The van der Waals surface area contributed by atoms with Crippen molar-refractivity contribution in [1.29, 1.82) is 0 Å². The molecule has 5 heteroatoms. The number of nitrogens with two attached hydrogens (primary N) is 1. The number of halogens is 1. The minimum Gasteiger partial charge on any atom is -0.465 e. The molecule has 0 saturated carbocycles. The molecule has 0 spiro atoms. The summed E-state index contributed by atoms with van der Waals surface area (Å²) in [6.45, 7) is 0. The van der Waals surface area contributed by atoms with E-state index >= 15 is 0 Å². The van der Waals surface area contributed by atoms with Gasteiger partial charge in [-0.25, -0.2) is 9.18 Å². The van der Waals surface area contributed by atoms with E-state index in [1.54, 1.807) is 0 Å². The van der Waals surface area contributed by atoms with Crippen molar-refractivity contribution in [3.8, 4) is 0 Å². The van der Waals surface area contributed by atoms with Crippen molar-refractivity contribution in [2.45, 2.75) is 0 Å². The zero-order valence-corrected chi connectivity index (χ0v) is 6.04. The van der Waals surface area contributed by atoms with Gasteiger partial charge < -0.3 is 10.8 Å². The molecular formula is C7H7FN2O2. The van der Waals surface area contributed by atoms with Crippen molar-refractivity contribution in [2.24, 2.45) is 0 Å². The predicted molar refractivity (Wildman–Crippen MR) is 42.5 cm³/mol. The Balaban J connectivity index is 3.00. The number of benzene rings is 1. The van der Waals surface area contributed by atoms with Crippen molar-refractivity contribution >= 4 is 17.5 Å². The molecule has 0 aliphatic heterocycles. The smallest absolute Gasteiger partial charge is 0.409 e. The largest absolute Gasteiger partial charge is 0.465 e. The Bertz CT molecular complexity index is 314. The van der Waals surface area contributed by atoms with Crippen LogP contribution in [0.4, 0.5) is 20.6 Å². The predicted octanol–water partition coefficient (Wildman–Crippen LogP) is 1.50. The lowest BCUT2D eigenvalue weighted by Crippen LogP contribution is -2.09. The summed E-state index contributed by atoms with van der Waals surface area (Å²) >= 11 is 0. The molecule has 1 aromatic rings. The van der Waals surface area contributed by atoms with Gasteiger partial charge in [-0.2, -0.15) is 0 Å². The maximum atomic E-state index is 12.7. The molecule has 0 aromatic heterocycles. The van der Waals surface area contributed by atoms with Gasteiger partial charge in [0.25, 0.3) is 0 Å². The van der Waals surface area contributed by atoms with E-state index in [0.717, 1.165) is 6.07 Å². The van der Waals surface area contributed by atoms with E-state index in [2.05, 4.69) is 0 Å². The van der Waals surface area contributed by atoms with Gasteiger partial charge in [0, 0.05) is 0 Å². The van der Waals surface area contributed by atoms with Crippen molar-refractivity contribution in [2.75, 3.05) is 11.1 Å². The second-order valence-corrected chi connectivity index (χ2v) is 2.13. The summed E-state index contributed by atoms with van der Waals surface area (Å²) in [5, 5.41) is 10.3. The lowest BCUT2D eigenvalue weighted by atomic mass is 10.2. The third-order valence-electron chi connectivity index (χ3n) is 1.29. The molecule has 1 rings (SSSR count). The Morgan fingerprint density at radius 1 is 1.58 bits per heavy atom. The molecule has 0 radical (unpaired) electrons. The van der Waals surface area contributed by atoms with Gasteiger partial charge in [-0.15, -0.1) is 0 Å². The summed E-state index contributed by atoms with van der Waals surface area (Å²) in [7, 11) is 0. The average Bonchev–Trinajstić information content (AvgIpc) is 1.98. The van der Waals surface area contributed by atoms with Gasteiger partial charge in [-0.1, -0.05) is 6.07 Å². The number of amides is 1. The summed E-state index contributed by atoms with van der Waals surface area (Å²) in [4.78, 5) is 10.1. The molecule has 0 heterocycles. The molecule has 1 amide bonds. The van der Waals surface area contributed by atoms with Crippen molar-refractivity contribution in [3.05, 3.63) is 24.0 Å². The molecular weight excluding hydrogens is 163 g/mol. The zero-order valence-electron chi connectivity index (χ0n) is 6.04. The molecule has 4 nitrogen and oxygen atoms in total. The fraction of sp³-hybridized carbons (Fsp3) is 0. The molecule has 64 valence electrons. The molecule has 0 aliphatic rings. The number of nitrogen functional groups attached to an aromatic ring is 1. The summed E-state index contributed by atoms with van der Waals surface area (Å²) < 4.78 is 12.7. The van der Waals surface area contributed by atoms with Crippen LogP contribution in [0.25, 0.3) is 0 Å². The van der Waals surface area contributed by atoms with Gasteiger partial charge in [-0.05, 0) is 12.1 Å². The topological polar surface area (TPSA) is 75.3 Å². The molecule has 0 atom stereocenters. The van der Waals surface area contributed by atoms with Crippen LogP contribution in [-0.4, -0.2) is 11.2 Å². The third-order valence-corrected chi connectivity index (χ3v) is 1.29. The van der Waals surface area contributed by atoms with Gasteiger partial charge >= 0.3 is 6.09 Å². The molecule has 0 fully saturated rings. The van der Waals surface area contributed by atoms with E-state index in [-0.39, 0.29) is 11.4 Å². The van der Waals surface area contributed by atoms with E-state index in [0.29, 0.717) is 0 Å². The Morgan fingerprint density at radius 3 is 2.83 bits per heavy atom. The third kappa shape index (κ3) is 1.63. The Labute approximate surface area is 67.8 Å². The molecule has 12 heavy (non-hydrogen) atoms. The highest BCUT2D eigenvalue weighted by atomic mass is 19.1. The van der Waals surface area contributed by atoms with E-state index in [4.69, 9.17) is 10.8 Å². The first kappa shape index (κ1) is 8.32. The molecule has 0 unspecified atom stereocenters. The maximum absolute atomic E-state index is 12.7. The number of nitrogens with one attached hydrogen (secondary N) is 1. The van der Waals surface area contributed by atoms with Crippen LogP contribution in [0.15, 0.2) is 18.2 Å². The van der Waals surface area contributed by atoms with Crippen LogP contribution in [0.1, 0.15) is 0 Å². The monoisotopic (exact) mass is 170 g/mol. The highest BCUT2D eigenvalue weighted by molar-refractivity contribution is 5.87. The van der Waals surface area contributed by atoms with Crippen molar-refractivity contribution < 1.29 is 14.3 Å². The molecule has 4 N–H and O–H groups in total. The fourth-order valence-electron chi connectivity index (χ4n) is 0.761. The summed E-state index contributed by atoms with van der Waals surface area (Å²) in [6.07, 6.45) is -1.27. The second-order valence-electron chi connectivity index (χ2n) is 2.13. The van der Waals surface area contributed by atoms with E-state index in [1.807, 2.05) is 5.32 Å². The second kappa shape index (κ2) is 3.08. The first-order valence-corrected chi connectivity index (χ1v) is 3.15. The summed E-state index contributed by atoms with van der Waals surface area (Å²) in [5.74, 6) is -0.638. The van der Waals surface area contributed by atoms with Gasteiger partial charge in [0.15, 0.2) is 0 Å². The quantitative estimate of drug-likeness (QED) is 0.559. The van der Waals surface area contributed by atoms with Gasteiger partial charge in [-0.3, -0.25) is 5.32 Å². The van der Waals surface area contributed by atoms with Crippen LogP contribution in [0, 0.1) is 5.82 Å². The molecule has 1 aromatic carbocycles. The van der Waals surface area contributed by atoms with E-state index < -0.39 is 11.9 Å². The van der Waals surface area contributed by atoms with Gasteiger partial charge in [0.2, 0.25) is 0 Å². The van der Waals surface area contributed by atoms with Gasteiger partial charge in [0.05, 0.1) is 11.4 Å². The summed E-state index contributed by atoms with van der Waals surface area (Å²) in [6, 6.07) is 3.91. The van der Waals surface area contributed by atoms with Crippen LogP contribution >= 0.6 is 0 Å². The van der Waals surface area contributed by atoms with Gasteiger partial charge in [0.1, 0.15) is 5.82 Å². The number of hydrogen-bond acceptors (Lipinski definition) is 2. The standard InChI is InChI=1S/C7H7FN2O2/c8-4-2-1-3-5(6(4)9)10-7(11)12/h1-3,10H,9H2,(H,11,12). The van der Waals surface area contributed by atoms with E-state index in [9.17, 15) is 9.18 Å². The number of rotatable bonds is 1. The highest BCUT2D eigenvalue weighted by Crippen LogP contribution is 2.20. The fourth-order valence-corrected chi connectivity index (χ4v) is 0.761. The minimum absolute atomic E-state index is 0.0579. The summed E-state index contributed by atoms with van der Waals surface area (Å²) in [5.41, 5.74) is 5.09. The lowest BCUT2D eigenvalue weighted by Gasteiger charge is -2.04. The van der Waals surface area contributed by atoms with Crippen molar-refractivity contribution in [1.82, 2.24) is 0 Å². The van der Waals surface area contributed by atoms with Crippen LogP contribution in [0.5, 0.6) is 0 Å². The Hall–Kier alpha value is -1.78. The number of hydrogen-bond donors (Lipinski definition) is 3. The lowest BCUT2D eigenvalue weighted by molar-refractivity contribution is 0.210. The zero-order chi connectivity index (χ0) is 9.14. The van der Waals surface area contributed by atoms with E-state index in [1.165, 1.54) is 12.1 Å². The maximum Gasteiger partial charge on any atom is 0.409 e. The SMILES string of the molecule is Nc1c(F)cccc1NC(=O)O. The first-order chi connectivity index (χ1) is 5.61.